The summed E-state index contributed by atoms with van der Waals surface area (Å²) in [6.07, 6.45) is 1.49. The van der Waals surface area contributed by atoms with Gasteiger partial charge < -0.3 is 15.4 Å². The first-order chi connectivity index (χ1) is 13.7. The summed E-state index contributed by atoms with van der Waals surface area (Å²) >= 11 is 3.35. The van der Waals surface area contributed by atoms with Gasteiger partial charge in [0.2, 0.25) is 0 Å². The molecule has 0 aliphatic heterocycles. The maximum Gasteiger partial charge on any atom is 0.330 e. The number of anilines is 2. The van der Waals surface area contributed by atoms with Gasteiger partial charge in [-0.15, -0.1) is 0 Å². The van der Waals surface area contributed by atoms with E-state index in [1.807, 2.05) is 26.8 Å². The number of hydrogen-bond acceptors (Lipinski definition) is 5. The van der Waals surface area contributed by atoms with Crippen molar-refractivity contribution in [3.05, 3.63) is 49.6 Å². The molecule has 0 radical (unpaired) electrons. The number of amides is 1. The topological polar surface area (TPSA) is 110 Å². The summed E-state index contributed by atoms with van der Waals surface area (Å²) in [6, 6.07) is 7.12. The second-order valence-electron chi connectivity index (χ2n) is 7.14. The van der Waals surface area contributed by atoms with Gasteiger partial charge >= 0.3 is 5.69 Å². The predicted molar refractivity (Wildman–Crippen MR) is 117 cm³/mol. The van der Waals surface area contributed by atoms with Crippen LogP contribution in [0.5, 0.6) is 5.75 Å². The highest BCUT2D eigenvalue weighted by atomic mass is 79.9. The number of hydrogen-bond donors (Lipinski definition) is 2. The summed E-state index contributed by atoms with van der Waals surface area (Å²) in [6.45, 7) is 6.21. The van der Waals surface area contributed by atoms with Crippen LogP contribution in [0, 0.1) is 5.92 Å². The van der Waals surface area contributed by atoms with Crippen molar-refractivity contribution in [3.63, 3.8) is 0 Å². The molecule has 0 unspecified atom stereocenters. The van der Waals surface area contributed by atoms with Gasteiger partial charge in [-0.1, -0.05) is 49.2 Å². The van der Waals surface area contributed by atoms with Crippen molar-refractivity contribution >= 4 is 33.3 Å². The number of unbranched alkanes of at least 4 members (excludes halogenated alkanes) is 1. The minimum Gasteiger partial charge on any atom is -0.484 e. The Morgan fingerprint density at radius 3 is 2.69 bits per heavy atom. The fourth-order valence-electron chi connectivity index (χ4n) is 2.84. The lowest BCUT2D eigenvalue weighted by Gasteiger charge is -2.25. The lowest BCUT2D eigenvalue weighted by molar-refractivity contribution is -0.120. The molecule has 0 atom stereocenters. The monoisotopic (exact) mass is 466 g/mol. The minimum atomic E-state index is -0.681. The summed E-state index contributed by atoms with van der Waals surface area (Å²) in [5, 5.41) is 0. The smallest absolute Gasteiger partial charge is 0.330 e. The van der Waals surface area contributed by atoms with Crippen molar-refractivity contribution in [2.24, 2.45) is 5.92 Å². The van der Waals surface area contributed by atoms with E-state index in [0.29, 0.717) is 25.3 Å². The number of aromatic nitrogens is 2. The number of carbonyl (C=O) groups excluding carboxylic acids is 1. The Kier molecular flexibility index (Phi) is 8.07. The first kappa shape index (κ1) is 22.7. The average Bonchev–Trinajstić information content (AvgIpc) is 2.65. The second-order valence-corrected chi connectivity index (χ2v) is 8.06. The molecule has 158 valence electrons. The third-order valence-electron chi connectivity index (χ3n) is 4.23. The molecule has 8 nitrogen and oxygen atoms in total. The molecule has 1 aromatic carbocycles. The van der Waals surface area contributed by atoms with E-state index in [2.05, 4.69) is 20.9 Å². The number of carbonyl (C=O) groups is 1. The molecule has 0 aliphatic rings. The van der Waals surface area contributed by atoms with Gasteiger partial charge in [0.1, 0.15) is 11.6 Å². The summed E-state index contributed by atoms with van der Waals surface area (Å²) in [5.74, 6) is 0.230. The Hall–Kier alpha value is -2.55. The minimum absolute atomic E-state index is 0.0125. The molecule has 0 saturated heterocycles. The van der Waals surface area contributed by atoms with Crippen LogP contribution in [0.15, 0.2) is 38.3 Å². The van der Waals surface area contributed by atoms with Crippen LogP contribution in [0.2, 0.25) is 0 Å². The molecule has 0 spiro atoms. The molecular formula is C20H27BrN4O4. The maximum absolute atomic E-state index is 12.9. The summed E-state index contributed by atoms with van der Waals surface area (Å²) in [5.41, 5.74) is 4.89. The Labute approximate surface area is 177 Å². The quantitative estimate of drug-likeness (QED) is 0.589. The summed E-state index contributed by atoms with van der Waals surface area (Å²) in [7, 11) is 0. The van der Waals surface area contributed by atoms with Crippen molar-refractivity contribution in [2.45, 2.75) is 40.2 Å². The Balaban J connectivity index is 2.37. The third-order valence-corrected chi connectivity index (χ3v) is 4.72. The number of nitrogen functional groups attached to an aromatic ring is 1. The number of ether oxygens (including phenoxy) is 1. The van der Waals surface area contributed by atoms with E-state index in [1.54, 1.807) is 18.2 Å². The molecule has 0 fully saturated rings. The number of nitrogens with one attached hydrogen (secondary N) is 1. The normalized spacial score (nSPS) is 10.9. The lowest BCUT2D eigenvalue weighted by Crippen LogP contribution is -2.43. The van der Waals surface area contributed by atoms with Crippen molar-refractivity contribution in [3.8, 4) is 5.75 Å². The Morgan fingerprint density at radius 1 is 1.34 bits per heavy atom. The molecule has 1 aromatic heterocycles. The van der Waals surface area contributed by atoms with Crippen LogP contribution >= 0.6 is 15.9 Å². The number of H-pyrrole nitrogens is 1. The summed E-state index contributed by atoms with van der Waals surface area (Å²) in [4.78, 5) is 41.2. The zero-order chi connectivity index (χ0) is 21.6. The standard InChI is InChI=1S/C20H27BrN4O4/c1-4-5-9-24(16(26)12-29-15-8-6-7-14(21)10-15)17-18(22)25(11-13(2)3)20(28)23-19(17)27/h6-8,10,13H,4-5,9,11-12,22H2,1-3H3,(H,23,27,28). The fraction of sp³-hybridized carbons (Fsp3) is 0.450. The highest BCUT2D eigenvalue weighted by Gasteiger charge is 2.24. The number of rotatable bonds is 9. The van der Waals surface area contributed by atoms with E-state index in [1.165, 1.54) is 9.47 Å². The fourth-order valence-corrected chi connectivity index (χ4v) is 3.22. The van der Waals surface area contributed by atoms with Gasteiger partial charge in [-0.3, -0.25) is 19.1 Å². The largest absolute Gasteiger partial charge is 0.484 e. The van der Waals surface area contributed by atoms with Gasteiger partial charge in [0.05, 0.1) is 0 Å². The van der Waals surface area contributed by atoms with Crippen LogP contribution < -0.4 is 26.6 Å². The van der Waals surface area contributed by atoms with Crippen molar-refractivity contribution in [2.75, 3.05) is 23.8 Å². The van der Waals surface area contributed by atoms with Gasteiger partial charge in [-0.2, -0.15) is 0 Å². The Bertz CT molecular complexity index is 968. The zero-order valence-corrected chi connectivity index (χ0v) is 18.5. The number of halogens is 1. The molecule has 2 rings (SSSR count). The molecule has 29 heavy (non-hydrogen) atoms. The molecule has 1 amide bonds. The van der Waals surface area contributed by atoms with Gasteiger partial charge in [0, 0.05) is 17.6 Å². The van der Waals surface area contributed by atoms with Crippen LogP contribution in [0.3, 0.4) is 0 Å². The van der Waals surface area contributed by atoms with Gasteiger partial charge in [-0.25, -0.2) is 4.79 Å². The van der Waals surface area contributed by atoms with E-state index >= 15 is 0 Å². The van der Waals surface area contributed by atoms with E-state index in [-0.39, 0.29) is 24.0 Å². The van der Waals surface area contributed by atoms with Crippen LogP contribution in [0.25, 0.3) is 0 Å². The molecule has 0 bridgehead atoms. The zero-order valence-electron chi connectivity index (χ0n) is 16.9. The molecule has 1 heterocycles. The first-order valence-electron chi connectivity index (χ1n) is 9.55. The van der Waals surface area contributed by atoms with E-state index < -0.39 is 17.2 Å². The first-order valence-corrected chi connectivity index (χ1v) is 10.3. The summed E-state index contributed by atoms with van der Waals surface area (Å²) < 4.78 is 7.71. The van der Waals surface area contributed by atoms with Gasteiger partial charge in [0.15, 0.2) is 12.3 Å². The molecule has 2 aromatic rings. The maximum atomic E-state index is 12.9. The molecule has 3 N–H and O–H groups in total. The van der Waals surface area contributed by atoms with Crippen LogP contribution in [0.4, 0.5) is 11.5 Å². The van der Waals surface area contributed by atoms with E-state index in [4.69, 9.17) is 10.5 Å². The highest BCUT2D eigenvalue weighted by Crippen LogP contribution is 2.20. The second kappa shape index (κ2) is 10.3. The number of nitrogens with zero attached hydrogens (tertiary/aromatic N) is 2. The predicted octanol–water partition coefficient (Wildman–Crippen LogP) is 2.75. The average molecular weight is 467 g/mol. The van der Waals surface area contributed by atoms with E-state index in [0.717, 1.165) is 10.9 Å². The third kappa shape index (κ3) is 5.96. The van der Waals surface area contributed by atoms with Crippen molar-refractivity contribution in [1.29, 1.82) is 0 Å². The lowest BCUT2D eigenvalue weighted by atomic mass is 10.2. The van der Waals surface area contributed by atoms with Crippen LogP contribution in [-0.4, -0.2) is 28.6 Å². The van der Waals surface area contributed by atoms with E-state index in [9.17, 15) is 14.4 Å². The highest BCUT2D eigenvalue weighted by molar-refractivity contribution is 9.10. The van der Waals surface area contributed by atoms with Crippen LogP contribution in [0.1, 0.15) is 33.6 Å². The number of benzene rings is 1. The number of aromatic amines is 1. The van der Waals surface area contributed by atoms with Crippen molar-refractivity contribution in [1.82, 2.24) is 9.55 Å². The Morgan fingerprint density at radius 2 is 2.07 bits per heavy atom. The number of nitrogens with two attached hydrogens (primary N) is 1. The van der Waals surface area contributed by atoms with Crippen molar-refractivity contribution < 1.29 is 9.53 Å². The molecule has 0 aliphatic carbocycles. The van der Waals surface area contributed by atoms with Gasteiger partial charge in [0.25, 0.3) is 11.5 Å². The SMILES string of the molecule is CCCCN(C(=O)COc1cccc(Br)c1)c1c(N)n(CC(C)C)c(=O)[nH]c1=O. The molecular weight excluding hydrogens is 440 g/mol. The van der Waals surface area contributed by atoms with Gasteiger partial charge in [-0.05, 0) is 30.5 Å². The molecule has 9 heteroatoms. The van der Waals surface area contributed by atoms with Crippen LogP contribution in [-0.2, 0) is 11.3 Å². The molecule has 0 saturated carbocycles.